The van der Waals surface area contributed by atoms with E-state index in [9.17, 15) is 18.0 Å². The summed E-state index contributed by atoms with van der Waals surface area (Å²) in [5.74, 6) is -0.145. The average molecular weight is 557 g/mol. The van der Waals surface area contributed by atoms with Crippen LogP contribution in [0.25, 0.3) is 5.57 Å². The number of ether oxygens (including phenoxy) is 1. The van der Waals surface area contributed by atoms with Crippen molar-refractivity contribution in [2.75, 3.05) is 12.9 Å². The zero-order chi connectivity index (χ0) is 27.4. The summed E-state index contributed by atoms with van der Waals surface area (Å²) >= 11 is 6.25. The maximum Gasteiger partial charge on any atom is 0.300 e. The van der Waals surface area contributed by atoms with Gasteiger partial charge in [0.25, 0.3) is 5.91 Å². The molecule has 38 heavy (non-hydrogen) atoms. The summed E-state index contributed by atoms with van der Waals surface area (Å²) in [5.41, 5.74) is 5.76. The number of benzene rings is 2. The number of fused-ring (bicyclic) bond motifs is 1. The molecule has 2 N–H and O–H groups in total. The van der Waals surface area contributed by atoms with Crippen molar-refractivity contribution in [1.82, 2.24) is 10.0 Å². The van der Waals surface area contributed by atoms with E-state index in [-0.39, 0.29) is 18.2 Å². The quantitative estimate of drug-likeness (QED) is 0.349. The minimum absolute atomic E-state index is 0.0521. The van der Waals surface area contributed by atoms with Gasteiger partial charge in [-0.3, -0.25) is 9.59 Å². The van der Waals surface area contributed by atoms with Gasteiger partial charge in [-0.15, -0.1) is 0 Å². The number of hydrogen-bond donors (Lipinski definition) is 2. The number of rotatable bonds is 10. The highest BCUT2D eigenvalue weighted by molar-refractivity contribution is 7.89. The Morgan fingerprint density at radius 2 is 1.76 bits per heavy atom. The van der Waals surface area contributed by atoms with E-state index in [1.54, 1.807) is 0 Å². The van der Waals surface area contributed by atoms with Crippen molar-refractivity contribution in [2.24, 2.45) is 0 Å². The zero-order valence-electron chi connectivity index (χ0n) is 21.4. The molecule has 0 bridgehead atoms. The maximum atomic E-state index is 13.2. The standard InChI is InChI=1S/C28H29ClN2O6S/c1-17-13-21(14-18(2)26(17)29)36-12-6-9-23-22-8-5-4-7-19(22)15-24(23)27(32)30-16-20-10-11-25(37-20)28(33)31-38(3,34)35/h4-5,7-8,10-11,13-14H,6,9,12,15-16H2,1-3H3,(H,30,32)(H,31,33). The first-order valence-electron chi connectivity index (χ1n) is 12.1. The molecule has 1 aromatic heterocycles. The monoisotopic (exact) mass is 556 g/mol. The van der Waals surface area contributed by atoms with E-state index in [1.165, 1.54) is 12.1 Å². The summed E-state index contributed by atoms with van der Waals surface area (Å²) in [6, 6.07) is 14.7. The summed E-state index contributed by atoms with van der Waals surface area (Å²) in [6.45, 7) is 4.44. The molecule has 1 aliphatic rings. The van der Waals surface area contributed by atoms with Crippen molar-refractivity contribution in [3.63, 3.8) is 0 Å². The second kappa shape index (κ2) is 11.4. The van der Waals surface area contributed by atoms with Gasteiger partial charge in [0, 0.05) is 17.0 Å². The molecular weight excluding hydrogens is 528 g/mol. The van der Waals surface area contributed by atoms with E-state index < -0.39 is 15.9 Å². The number of halogens is 1. The number of carbonyl (C=O) groups excluding carboxylic acids is 2. The van der Waals surface area contributed by atoms with Gasteiger partial charge in [0.15, 0.2) is 5.76 Å². The van der Waals surface area contributed by atoms with Crippen LogP contribution in [-0.2, 0) is 27.8 Å². The van der Waals surface area contributed by atoms with Crippen molar-refractivity contribution < 1.29 is 27.2 Å². The lowest BCUT2D eigenvalue weighted by Gasteiger charge is -2.12. The van der Waals surface area contributed by atoms with Crippen LogP contribution in [0.15, 0.2) is 58.5 Å². The lowest BCUT2D eigenvalue weighted by Crippen LogP contribution is -2.29. The van der Waals surface area contributed by atoms with Gasteiger partial charge in [0.1, 0.15) is 11.5 Å². The molecule has 0 fully saturated rings. The van der Waals surface area contributed by atoms with Gasteiger partial charge in [0.2, 0.25) is 15.9 Å². The Balaban J connectivity index is 1.40. The number of allylic oxidation sites excluding steroid dienone is 1. The predicted octanol–water partition coefficient (Wildman–Crippen LogP) is 4.72. The summed E-state index contributed by atoms with van der Waals surface area (Å²) in [7, 11) is -3.71. The van der Waals surface area contributed by atoms with Crippen LogP contribution in [0, 0.1) is 13.8 Å². The molecule has 1 heterocycles. The van der Waals surface area contributed by atoms with E-state index in [2.05, 4.69) is 5.32 Å². The molecule has 2 aromatic carbocycles. The molecule has 0 atom stereocenters. The van der Waals surface area contributed by atoms with Crippen LogP contribution in [0.3, 0.4) is 0 Å². The molecule has 0 aliphatic heterocycles. The first-order chi connectivity index (χ1) is 18.0. The van der Waals surface area contributed by atoms with Gasteiger partial charge in [-0.05, 0) is 78.8 Å². The third-order valence-corrected chi connectivity index (χ3v) is 7.34. The Labute approximate surface area is 227 Å². The van der Waals surface area contributed by atoms with Crippen LogP contribution in [0.4, 0.5) is 0 Å². The minimum Gasteiger partial charge on any atom is -0.494 e. The van der Waals surface area contributed by atoms with Crippen molar-refractivity contribution in [3.8, 4) is 5.75 Å². The number of nitrogens with one attached hydrogen (secondary N) is 2. The number of carbonyl (C=O) groups is 2. The topological polar surface area (TPSA) is 115 Å². The van der Waals surface area contributed by atoms with Crippen LogP contribution in [0.1, 0.15) is 51.4 Å². The fourth-order valence-corrected chi connectivity index (χ4v) is 4.99. The number of aryl methyl sites for hydroxylation is 2. The highest BCUT2D eigenvalue weighted by atomic mass is 35.5. The molecule has 3 aromatic rings. The highest BCUT2D eigenvalue weighted by Crippen LogP contribution is 2.36. The average Bonchev–Trinajstić information content (AvgIpc) is 3.48. The van der Waals surface area contributed by atoms with E-state index in [0.29, 0.717) is 30.8 Å². The molecular formula is C28H29ClN2O6S. The smallest absolute Gasteiger partial charge is 0.300 e. The van der Waals surface area contributed by atoms with E-state index in [0.717, 1.165) is 51.3 Å². The Bertz CT molecular complexity index is 1500. The lowest BCUT2D eigenvalue weighted by atomic mass is 10.0. The SMILES string of the molecule is Cc1cc(OCCCC2=C(C(=O)NCc3ccc(C(=O)NS(C)(=O)=O)o3)Cc3ccccc32)cc(C)c1Cl. The van der Waals surface area contributed by atoms with Crippen LogP contribution >= 0.6 is 11.6 Å². The van der Waals surface area contributed by atoms with Gasteiger partial charge in [0.05, 0.1) is 19.4 Å². The molecule has 0 unspecified atom stereocenters. The fraction of sp³-hybridized carbons (Fsp3) is 0.286. The number of hydrogen-bond acceptors (Lipinski definition) is 6. The van der Waals surface area contributed by atoms with Gasteiger partial charge in [-0.25, -0.2) is 13.1 Å². The Hall–Kier alpha value is -3.56. The van der Waals surface area contributed by atoms with Gasteiger partial charge < -0.3 is 14.5 Å². The molecule has 2 amide bonds. The third-order valence-electron chi connectivity index (χ3n) is 6.18. The third kappa shape index (κ3) is 6.65. The number of furan rings is 1. The summed E-state index contributed by atoms with van der Waals surface area (Å²) < 4.78 is 35.7. The van der Waals surface area contributed by atoms with Crippen LogP contribution in [-0.4, -0.2) is 33.1 Å². The van der Waals surface area contributed by atoms with Crippen LogP contribution < -0.4 is 14.8 Å². The van der Waals surface area contributed by atoms with Gasteiger partial charge in [-0.1, -0.05) is 35.9 Å². The number of amides is 2. The van der Waals surface area contributed by atoms with E-state index in [4.69, 9.17) is 20.8 Å². The van der Waals surface area contributed by atoms with Crippen molar-refractivity contribution in [3.05, 3.63) is 92.9 Å². The fourth-order valence-electron chi connectivity index (χ4n) is 4.45. The summed E-state index contributed by atoms with van der Waals surface area (Å²) in [4.78, 5) is 25.1. The molecule has 200 valence electrons. The van der Waals surface area contributed by atoms with Crippen molar-refractivity contribution in [1.29, 1.82) is 0 Å². The van der Waals surface area contributed by atoms with E-state index in [1.807, 2.05) is 55.0 Å². The molecule has 0 radical (unpaired) electrons. The Kier molecular flexibility index (Phi) is 8.28. The summed E-state index contributed by atoms with van der Waals surface area (Å²) in [6.07, 6.45) is 2.79. The molecule has 10 heteroatoms. The predicted molar refractivity (Wildman–Crippen MR) is 146 cm³/mol. The molecule has 1 aliphatic carbocycles. The largest absolute Gasteiger partial charge is 0.494 e. The van der Waals surface area contributed by atoms with E-state index >= 15 is 0 Å². The second-order valence-electron chi connectivity index (χ2n) is 9.27. The number of sulfonamides is 1. The normalized spacial score (nSPS) is 12.8. The summed E-state index contributed by atoms with van der Waals surface area (Å²) in [5, 5.41) is 3.60. The Morgan fingerprint density at radius 3 is 2.47 bits per heavy atom. The second-order valence-corrected chi connectivity index (χ2v) is 11.4. The molecule has 0 saturated heterocycles. The Morgan fingerprint density at radius 1 is 1.05 bits per heavy atom. The van der Waals surface area contributed by atoms with Gasteiger partial charge >= 0.3 is 0 Å². The first-order valence-corrected chi connectivity index (χ1v) is 14.4. The van der Waals surface area contributed by atoms with Crippen molar-refractivity contribution in [2.45, 2.75) is 39.7 Å². The molecule has 8 nitrogen and oxygen atoms in total. The lowest BCUT2D eigenvalue weighted by molar-refractivity contribution is -0.117. The van der Waals surface area contributed by atoms with Crippen LogP contribution in [0.2, 0.25) is 5.02 Å². The molecule has 0 saturated carbocycles. The molecule has 0 spiro atoms. The highest BCUT2D eigenvalue weighted by Gasteiger charge is 2.26. The minimum atomic E-state index is -3.71. The molecule has 4 rings (SSSR count). The van der Waals surface area contributed by atoms with Gasteiger partial charge in [-0.2, -0.15) is 0 Å². The first kappa shape index (κ1) is 27.5. The maximum absolute atomic E-state index is 13.2. The van der Waals surface area contributed by atoms with Crippen LogP contribution in [0.5, 0.6) is 5.75 Å². The zero-order valence-corrected chi connectivity index (χ0v) is 23.0. The van der Waals surface area contributed by atoms with Crippen molar-refractivity contribution >= 4 is 39.0 Å².